The Morgan fingerprint density at radius 1 is 1.31 bits per heavy atom. The van der Waals surface area contributed by atoms with Crippen LogP contribution in [0.15, 0.2) is 0 Å². The van der Waals surface area contributed by atoms with Gasteiger partial charge in [0, 0.05) is 13.1 Å². The molecule has 4 heteroatoms. The van der Waals surface area contributed by atoms with Crippen molar-refractivity contribution in [3.05, 3.63) is 0 Å². The topological polar surface area (TPSA) is 20.3 Å². The minimum Gasteiger partial charge on any atom is -0.338 e. The van der Waals surface area contributed by atoms with E-state index in [1.54, 1.807) is 0 Å². The molecule has 0 N–H and O–H groups in total. The van der Waals surface area contributed by atoms with Crippen LogP contribution in [0.3, 0.4) is 0 Å². The molecule has 2 nitrogen and oxygen atoms in total. The summed E-state index contributed by atoms with van der Waals surface area (Å²) < 4.78 is 24.1. The van der Waals surface area contributed by atoms with Crippen molar-refractivity contribution in [3.63, 3.8) is 0 Å². The molecule has 0 saturated heterocycles. The molecular weight excluding hydrogens is 176 g/mol. The zero-order valence-corrected chi connectivity index (χ0v) is 7.80. The molecule has 76 valence electrons. The maximum Gasteiger partial charge on any atom is 0.315 e. The van der Waals surface area contributed by atoms with Crippen LogP contribution in [-0.4, -0.2) is 30.3 Å². The molecule has 1 aliphatic carbocycles. The summed E-state index contributed by atoms with van der Waals surface area (Å²) in [4.78, 5) is 12.1. The zero-order chi connectivity index (χ0) is 9.84. The molecule has 0 heterocycles. The minimum absolute atomic E-state index is 0.0373. The first-order valence-corrected chi connectivity index (χ1v) is 4.67. The van der Waals surface area contributed by atoms with Crippen LogP contribution in [0.5, 0.6) is 0 Å². The van der Waals surface area contributed by atoms with E-state index in [1.165, 1.54) is 11.9 Å². The van der Waals surface area contributed by atoms with Crippen molar-refractivity contribution in [2.75, 3.05) is 7.05 Å². The standard InChI is InChI=1S/C9H15F2NO/c1-12(9(13)8(10)11)7-5-3-2-4-6-7/h7-8H,2-6H2,1H3. The monoisotopic (exact) mass is 191 g/mol. The number of carbonyl (C=O) groups is 1. The summed E-state index contributed by atoms with van der Waals surface area (Å²) in [5, 5.41) is 0. The summed E-state index contributed by atoms with van der Waals surface area (Å²) in [6.07, 6.45) is 2.14. The van der Waals surface area contributed by atoms with Crippen LogP contribution < -0.4 is 0 Å². The molecule has 0 aromatic rings. The van der Waals surface area contributed by atoms with Gasteiger partial charge in [-0.15, -0.1) is 0 Å². The Kier molecular flexibility index (Phi) is 3.63. The van der Waals surface area contributed by atoms with Gasteiger partial charge in [0.2, 0.25) is 0 Å². The highest BCUT2D eigenvalue weighted by Crippen LogP contribution is 2.22. The molecule has 1 fully saturated rings. The van der Waals surface area contributed by atoms with Gasteiger partial charge in [-0.3, -0.25) is 4.79 Å². The van der Waals surface area contributed by atoms with Crippen LogP contribution in [0.1, 0.15) is 32.1 Å². The molecule has 1 saturated carbocycles. The summed E-state index contributed by atoms with van der Waals surface area (Å²) in [5.74, 6) is -1.04. The van der Waals surface area contributed by atoms with E-state index >= 15 is 0 Å². The summed E-state index contributed by atoms with van der Waals surface area (Å²) >= 11 is 0. The second-order valence-electron chi connectivity index (χ2n) is 3.54. The van der Waals surface area contributed by atoms with Gasteiger partial charge in [0.1, 0.15) is 0 Å². The van der Waals surface area contributed by atoms with Crippen molar-refractivity contribution in [1.29, 1.82) is 0 Å². The maximum atomic E-state index is 12.0. The number of alkyl halides is 2. The van der Waals surface area contributed by atoms with Crippen LogP contribution in [0.4, 0.5) is 8.78 Å². The lowest BCUT2D eigenvalue weighted by Crippen LogP contribution is -2.41. The molecule has 0 bridgehead atoms. The summed E-state index contributed by atoms with van der Waals surface area (Å²) in [5.41, 5.74) is 0. The Bertz CT molecular complexity index is 178. The number of halogens is 2. The second-order valence-corrected chi connectivity index (χ2v) is 3.54. The molecule has 0 aliphatic heterocycles. The Labute approximate surface area is 76.9 Å². The van der Waals surface area contributed by atoms with Gasteiger partial charge in [0.05, 0.1) is 0 Å². The summed E-state index contributed by atoms with van der Waals surface area (Å²) in [6.45, 7) is 0. The highest BCUT2D eigenvalue weighted by molar-refractivity contribution is 5.79. The van der Waals surface area contributed by atoms with E-state index in [4.69, 9.17) is 0 Å². The van der Waals surface area contributed by atoms with Crippen LogP contribution in [-0.2, 0) is 4.79 Å². The van der Waals surface area contributed by atoms with Gasteiger partial charge >= 0.3 is 6.43 Å². The molecule has 0 unspecified atom stereocenters. The fourth-order valence-corrected chi connectivity index (χ4v) is 1.80. The van der Waals surface area contributed by atoms with Crippen molar-refractivity contribution in [2.24, 2.45) is 0 Å². The number of hydrogen-bond acceptors (Lipinski definition) is 1. The van der Waals surface area contributed by atoms with Gasteiger partial charge in [-0.25, -0.2) is 0 Å². The average molecular weight is 191 g/mol. The van der Waals surface area contributed by atoms with Crippen molar-refractivity contribution < 1.29 is 13.6 Å². The third kappa shape index (κ3) is 2.64. The number of carbonyl (C=O) groups excluding carboxylic acids is 1. The van der Waals surface area contributed by atoms with Crippen LogP contribution in [0, 0.1) is 0 Å². The number of nitrogens with zero attached hydrogens (tertiary/aromatic N) is 1. The van der Waals surface area contributed by atoms with Gasteiger partial charge in [-0.2, -0.15) is 8.78 Å². The fraction of sp³-hybridized carbons (Fsp3) is 0.889. The van der Waals surface area contributed by atoms with E-state index in [9.17, 15) is 13.6 Å². The van der Waals surface area contributed by atoms with Gasteiger partial charge in [0.25, 0.3) is 5.91 Å². The van der Waals surface area contributed by atoms with Crippen LogP contribution >= 0.6 is 0 Å². The molecule has 0 aromatic heterocycles. The van der Waals surface area contributed by atoms with E-state index in [2.05, 4.69) is 0 Å². The maximum absolute atomic E-state index is 12.0. The van der Waals surface area contributed by atoms with Crippen LogP contribution in [0.2, 0.25) is 0 Å². The van der Waals surface area contributed by atoms with E-state index < -0.39 is 12.3 Å². The molecule has 0 radical (unpaired) electrons. The molecule has 1 amide bonds. The quantitative estimate of drug-likeness (QED) is 0.654. The minimum atomic E-state index is -2.85. The molecule has 0 atom stereocenters. The lowest BCUT2D eigenvalue weighted by Gasteiger charge is -2.30. The first kappa shape index (κ1) is 10.4. The third-order valence-corrected chi connectivity index (χ3v) is 2.66. The molecule has 0 spiro atoms. The van der Waals surface area contributed by atoms with Gasteiger partial charge in [-0.05, 0) is 12.8 Å². The second kappa shape index (κ2) is 4.53. The molecule has 1 rings (SSSR count). The lowest BCUT2D eigenvalue weighted by molar-refractivity contribution is -0.144. The third-order valence-electron chi connectivity index (χ3n) is 2.66. The smallest absolute Gasteiger partial charge is 0.315 e. The number of hydrogen-bond donors (Lipinski definition) is 0. The largest absolute Gasteiger partial charge is 0.338 e. The van der Waals surface area contributed by atoms with Crippen molar-refractivity contribution in [1.82, 2.24) is 4.90 Å². The van der Waals surface area contributed by atoms with Gasteiger partial charge in [-0.1, -0.05) is 19.3 Å². The van der Waals surface area contributed by atoms with Gasteiger partial charge < -0.3 is 4.90 Å². The van der Waals surface area contributed by atoms with Crippen molar-refractivity contribution in [3.8, 4) is 0 Å². The number of amides is 1. The SMILES string of the molecule is CN(C(=O)C(F)F)C1CCCCC1. The highest BCUT2D eigenvalue weighted by atomic mass is 19.3. The van der Waals surface area contributed by atoms with E-state index in [0.717, 1.165) is 32.1 Å². The number of rotatable bonds is 2. The van der Waals surface area contributed by atoms with E-state index in [-0.39, 0.29) is 6.04 Å². The zero-order valence-electron chi connectivity index (χ0n) is 7.80. The van der Waals surface area contributed by atoms with E-state index in [1.807, 2.05) is 0 Å². The van der Waals surface area contributed by atoms with Gasteiger partial charge in [0.15, 0.2) is 0 Å². The van der Waals surface area contributed by atoms with Crippen molar-refractivity contribution >= 4 is 5.91 Å². The first-order chi connectivity index (χ1) is 6.13. The van der Waals surface area contributed by atoms with Crippen molar-refractivity contribution in [2.45, 2.75) is 44.6 Å². The molecule has 1 aliphatic rings. The Balaban J connectivity index is 2.45. The summed E-state index contributed by atoms with van der Waals surface area (Å²) in [7, 11) is 1.48. The molecule has 13 heavy (non-hydrogen) atoms. The molecular formula is C9H15F2NO. The highest BCUT2D eigenvalue weighted by Gasteiger charge is 2.27. The summed E-state index contributed by atoms with van der Waals surface area (Å²) in [6, 6.07) is 0.0373. The fourth-order valence-electron chi connectivity index (χ4n) is 1.80. The van der Waals surface area contributed by atoms with E-state index in [0.29, 0.717) is 0 Å². The normalized spacial score (nSPS) is 19.1. The van der Waals surface area contributed by atoms with Crippen LogP contribution in [0.25, 0.3) is 0 Å². The Morgan fingerprint density at radius 3 is 2.31 bits per heavy atom. The average Bonchev–Trinajstić information content (AvgIpc) is 2.17. The Morgan fingerprint density at radius 2 is 1.85 bits per heavy atom. The first-order valence-electron chi connectivity index (χ1n) is 4.67. The molecule has 0 aromatic carbocycles. The lowest BCUT2D eigenvalue weighted by atomic mass is 9.94. The predicted molar refractivity (Wildman–Crippen MR) is 45.6 cm³/mol. The Hall–Kier alpha value is -0.670. The predicted octanol–water partition coefficient (Wildman–Crippen LogP) is 2.04.